The first-order valence-corrected chi connectivity index (χ1v) is 9.80. The topological polar surface area (TPSA) is 80.5 Å². The summed E-state index contributed by atoms with van der Waals surface area (Å²) >= 11 is 6.13. The highest BCUT2D eigenvalue weighted by Gasteiger charge is 2.27. The van der Waals surface area contributed by atoms with Crippen LogP contribution in [-0.2, 0) is 4.79 Å². The Morgan fingerprint density at radius 2 is 1.97 bits per heavy atom. The summed E-state index contributed by atoms with van der Waals surface area (Å²) < 4.78 is 10.6. The third-order valence-electron chi connectivity index (χ3n) is 5.00. The van der Waals surface area contributed by atoms with Gasteiger partial charge in [-0.3, -0.25) is 4.79 Å². The Kier molecular flexibility index (Phi) is 5.67. The summed E-state index contributed by atoms with van der Waals surface area (Å²) in [7, 11) is 1.56. The molecule has 8 heteroatoms. The second-order valence-corrected chi connectivity index (χ2v) is 7.27. The van der Waals surface area contributed by atoms with Gasteiger partial charge in [-0.1, -0.05) is 47.1 Å². The van der Waals surface area contributed by atoms with Crippen LogP contribution in [0.15, 0.2) is 53.1 Å². The number of methoxy groups -OCH3 is 1. The smallest absolute Gasteiger partial charge is 0.324 e. The standard InChI is InChI=1S/C21H21ClN4O3/c1-28-18-8-7-16(13-17(18)22)23-20(27)15-9-11-26(12-10-15)21-24-19(25-29-21)14-5-3-2-4-6-14/h2-8,13,15H,9-12H2,1H3,(H,23,27). The molecule has 1 aliphatic heterocycles. The second-order valence-electron chi connectivity index (χ2n) is 6.87. The number of carbonyl (C=O) groups excluding carboxylic acids is 1. The van der Waals surface area contributed by atoms with E-state index in [1.807, 2.05) is 35.2 Å². The van der Waals surface area contributed by atoms with E-state index in [4.69, 9.17) is 20.9 Å². The quantitative estimate of drug-likeness (QED) is 0.674. The van der Waals surface area contributed by atoms with Gasteiger partial charge in [-0.25, -0.2) is 0 Å². The van der Waals surface area contributed by atoms with E-state index in [-0.39, 0.29) is 11.8 Å². The molecule has 0 saturated carbocycles. The fraction of sp³-hybridized carbons (Fsp3) is 0.286. The molecule has 1 aromatic heterocycles. The maximum Gasteiger partial charge on any atom is 0.324 e. The molecule has 2 aromatic carbocycles. The summed E-state index contributed by atoms with van der Waals surface area (Å²) in [4.78, 5) is 19.1. The summed E-state index contributed by atoms with van der Waals surface area (Å²) in [5, 5.41) is 7.46. The van der Waals surface area contributed by atoms with Gasteiger partial charge in [-0.05, 0) is 31.0 Å². The van der Waals surface area contributed by atoms with Crippen molar-refractivity contribution in [3.8, 4) is 17.1 Å². The fourth-order valence-corrected chi connectivity index (χ4v) is 3.63. The molecule has 0 unspecified atom stereocenters. The van der Waals surface area contributed by atoms with Crippen LogP contribution in [-0.4, -0.2) is 36.2 Å². The predicted molar refractivity (Wildman–Crippen MR) is 111 cm³/mol. The number of benzene rings is 2. The number of halogens is 1. The van der Waals surface area contributed by atoms with E-state index >= 15 is 0 Å². The molecule has 3 aromatic rings. The zero-order valence-electron chi connectivity index (χ0n) is 16.0. The number of nitrogens with one attached hydrogen (secondary N) is 1. The monoisotopic (exact) mass is 412 g/mol. The number of piperidine rings is 1. The molecule has 0 spiro atoms. The molecule has 0 bridgehead atoms. The summed E-state index contributed by atoms with van der Waals surface area (Å²) in [6.07, 6.45) is 1.41. The van der Waals surface area contributed by atoms with Gasteiger partial charge in [0, 0.05) is 30.3 Å². The number of hydrogen-bond donors (Lipinski definition) is 1. The van der Waals surface area contributed by atoms with Crippen LogP contribution in [0.25, 0.3) is 11.4 Å². The van der Waals surface area contributed by atoms with Crippen molar-refractivity contribution in [1.29, 1.82) is 0 Å². The van der Waals surface area contributed by atoms with Crippen molar-refractivity contribution < 1.29 is 14.1 Å². The summed E-state index contributed by atoms with van der Waals surface area (Å²) in [5.74, 6) is 1.05. The van der Waals surface area contributed by atoms with Gasteiger partial charge in [0.15, 0.2) is 0 Å². The molecule has 1 aliphatic rings. The fourth-order valence-electron chi connectivity index (χ4n) is 3.37. The Morgan fingerprint density at radius 3 is 2.66 bits per heavy atom. The van der Waals surface area contributed by atoms with E-state index < -0.39 is 0 Å². The number of hydrogen-bond acceptors (Lipinski definition) is 6. The number of rotatable bonds is 5. The molecule has 1 fully saturated rings. The Labute approximate surface area is 173 Å². The lowest BCUT2D eigenvalue weighted by Crippen LogP contribution is -2.38. The third-order valence-corrected chi connectivity index (χ3v) is 5.30. The maximum atomic E-state index is 12.6. The molecule has 1 saturated heterocycles. The minimum atomic E-state index is -0.0800. The minimum Gasteiger partial charge on any atom is -0.495 e. The highest BCUT2D eigenvalue weighted by atomic mass is 35.5. The van der Waals surface area contributed by atoms with Crippen molar-refractivity contribution in [2.45, 2.75) is 12.8 Å². The SMILES string of the molecule is COc1ccc(NC(=O)C2CCN(c3nc(-c4ccccc4)no3)CC2)cc1Cl. The largest absolute Gasteiger partial charge is 0.495 e. The molecule has 150 valence electrons. The zero-order valence-corrected chi connectivity index (χ0v) is 16.7. The Balaban J connectivity index is 1.34. The molecule has 2 heterocycles. The van der Waals surface area contributed by atoms with Gasteiger partial charge in [0.25, 0.3) is 0 Å². The summed E-state index contributed by atoms with van der Waals surface area (Å²) in [6.45, 7) is 1.36. The van der Waals surface area contributed by atoms with Crippen molar-refractivity contribution in [1.82, 2.24) is 10.1 Å². The Hall–Kier alpha value is -3.06. The Morgan fingerprint density at radius 1 is 1.21 bits per heavy atom. The van der Waals surface area contributed by atoms with E-state index in [0.717, 1.165) is 5.56 Å². The van der Waals surface area contributed by atoms with Gasteiger partial charge in [0.2, 0.25) is 11.7 Å². The lowest BCUT2D eigenvalue weighted by Gasteiger charge is -2.29. The second kappa shape index (κ2) is 8.53. The van der Waals surface area contributed by atoms with Gasteiger partial charge < -0.3 is 19.5 Å². The average molecular weight is 413 g/mol. The molecule has 0 atom stereocenters. The molecular formula is C21H21ClN4O3. The maximum absolute atomic E-state index is 12.6. The summed E-state index contributed by atoms with van der Waals surface area (Å²) in [6, 6.07) is 15.4. The first-order valence-electron chi connectivity index (χ1n) is 9.42. The van der Waals surface area contributed by atoms with Crippen LogP contribution in [0.4, 0.5) is 11.7 Å². The molecular weight excluding hydrogens is 392 g/mol. The highest BCUT2D eigenvalue weighted by Crippen LogP contribution is 2.29. The van der Waals surface area contributed by atoms with Crippen LogP contribution in [0.3, 0.4) is 0 Å². The van der Waals surface area contributed by atoms with E-state index in [0.29, 0.717) is 54.2 Å². The number of carbonyl (C=O) groups is 1. The van der Waals surface area contributed by atoms with Crippen LogP contribution in [0, 0.1) is 5.92 Å². The number of ether oxygens (including phenoxy) is 1. The molecule has 7 nitrogen and oxygen atoms in total. The average Bonchev–Trinajstić information content (AvgIpc) is 3.25. The van der Waals surface area contributed by atoms with Gasteiger partial charge >= 0.3 is 6.01 Å². The van der Waals surface area contributed by atoms with E-state index in [1.54, 1.807) is 25.3 Å². The minimum absolute atomic E-state index is 0.0126. The van der Waals surface area contributed by atoms with Crippen molar-refractivity contribution in [3.63, 3.8) is 0 Å². The lowest BCUT2D eigenvalue weighted by molar-refractivity contribution is -0.120. The first kappa shape index (κ1) is 19.3. The van der Waals surface area contributed by atoms with Gasteiger partial charge in [-0.2, -0.15) is 4.98 Å². The van der Waals surface area contributed by atoms with Gasteiger partial charge in [-0.15, -0.1) is 0 Å². The summed E-state index contributed by atoms with van der Waals surface area (Å²) in [5.41, 5.74) is 1.57. The van der Waals surface area contributed by atoms with Gasteiger partial charge in [0.05, 0.1) is 12.1 Å². The molecule has 1 N–H and O–H groups in total. The van der Waals surface area contributed by atoms with Crippen LogP contribution >= 0.6 is 11.6 Å². The molecule has 29 heavy (non-hydrogen) atoms. The normalized spacial score (nSPS) is 14.6. The highest BCUT2D eigenvalue weighted by molar-refractivity contribution is 6.32. The van der Waals surface area contributed by atoms with Crippen molar-refractivity contribution in [3.05, 3.63) is 53.6 Å². The molecule has 1 amide bonds. The first-order chi connectivity index (χ1) is 14.1. The van der Waals surface area contributed by atoms with Crippen molar-refractivity contribution >= 4 is 29.2 Å². The van der Waals surface area contributed by atoms with Gasteiger partial charge in [0.1, 0.15) is 5.75 Å². The number of amides is 1. The number of aromatic nitrogens is 2. The molecule has 0 radical (unpaired) electrons. The van der Waals surface area contributed by atoms with Crippen molar-refractivity contribution in [2.75, 3.05) is 30.4 Å². The van der Waals surface area contributed by atoms with Crippen molar-refractivity contribution in [2.24, 2.45) is 5.92 Å². The van der Waals surface area contributed by atoms with Crippen LogP contribution < -0.4 is 15.0 Å². The third kappa shape index (κ3) is 4.35. The van der Waals surface area contributed by atoms with E-state index in [9.17, 15) is 4.79 Å². The zero-order chi connectivity index (χ0) is 20.2. The van der Waals surface area contributed by atoms with Crippen LogP contribution in [0.5, 0.6) is 5.75 Å². The molecule has 0 aliphatic carbocycles. The number of nitrogens with zero attached hydrogens (tertiary/aromatic N) is 3. The predicted octanol–water partition coefficient (Wildman–Crippen LogP) is 4.25. The van der Waals surface area contributed by atoms with E-state index in [1.165, 1.54) is 0 Å². The lowest BCUT2D eigenvalue weighted by atomic mass is 9.96. The Bertz CT molecular complexity index is 985. The van der Waals surface area contributed by atoms with Crippen LogP contribution in [0.1, 0.15) is 12.8 Å². The molecule has 4 rings (SSSR count). The van der Waals surface area contributed by atoms with E-state index in [2.05, 4.69) is 15.5 Å². The van der Waals surface area contributed by atoms with Crippen LogP contribution in [0.2, 0.25) is 5.02 Å². The number of anilines is 2.